The minimum absolute atomic E-state index is 0.0375. The van der Waals surface area contributed by atoms with Crippen LogP contribution in [0.3, 0.4) is 0 Å². The minimum Gasteiger partial charge on any atom is -0.333 e. The van der Waals surface area contributed by atoms with Crippen molar-refractivity contribution in [3.8, 4) is 0 Å². The molecule has 0 aliphatic carbocycles. The number of quaternary nitrogens is 1. The largest absolute Gasteiger partial charge is 0.333 e. The lowest BCUT2D eigenvalue weighted by atomic mass is 10.1. The number of hydrogen-bond acceptors (Lipinski definition) is 4. The molecule has 0 bridgehead atoms. The summed E-state index contributed by atoms with van der Waals surface area (Å²) in [6.45, 7) is 3.87. The monoisotopic (exact) mass is 393 g/mol. The molecule has 2 amide bonds. The molecule has 0 spiro atoms. The highest BCUT2D eigenvalue weighted by Crippen LogP contribution is 2.28. The maximum absolute atomic E-state index is 12.8. The Morgan fingerprint density at radius 2 is 2.00 bits per heavy atom. The number of carbonyl (C=O) groups is 2. The van der Waals surface area contributed by atoms with Crippen molar-refractivity contribution in [2.75, 3.05) is 31.1 Å². The summed E-state index contributed by atoms with van der Waals surface area (Å²) in [5, 5.41) is 3.00. The Morgan fingerprint density at radius 3 is 2.73 bits per heavy atom. The molecule has 2 N–H and O–H groups in total. The van der Waals surface area contributed by atoms with E-state index in [-0.39, 0.29) is 5.11 Å². The summed E-state index contributed by atoms with van der Waals surface area (Å²) in [5.41, 5.74) is 0.459. The summed E-state index contributed by atoms with van der Waals surface area (Å²) in [7, 11) is 0. The van der Waals surface area contributed by atoms with Gasteiger partial charge in [0.15, 0.2) is 11.0 Å². The number of hydrogen-bond donors (Lipinski definition) is 2. The lowest BCUT2D eigenvalue weighted by molar-refractivity contribution is -0.903. The van der Waals surface area contributed by atoms with Crippen LogP contribution in [0.15, 0.2) is 29.3 Å². The smallest absolute Gasteiger partial charge is 0.251 e. The second-order valence-electron chi connectivity index (χ2n) is 6.51. The number of para-hydroxylation sites is 1. The van der Waals surface area contributed by atoms with Crippen LogP contribution in [-0.2, 0) is 9.59 Å². The van der Waals surface area contributed by atoms with E-state index in [1.807, 2.05) is 0 Å². The third-order valence-corrected chi connectivity index (χ3v) is 5.31. The van der Waals surface area contributed by atoms with E-state index in [0.717, 1.165) is 6.54 Å². The van der Waals surface area contributed by atoms with Gasteiger partial charge in [0, 0.05) is 6.21 Å². The van der Waals surface area contributed by atoms with Crippen molar-refractivity contribution in [2.45, 2.75) is 19.3 Å². The van der Waals surface area contributed by atoms with Gasteiger partial charge in [-0.2, -0.15) is 0 Å². The first-order chi connectivity index (χ1) is 12.6. The second kappa shape index (κ2) is 8.70. The molecule has 2 aliphatic rings. The fraction of sp³-hybridized carbons (Fsp3) is 0.444. The highest BCUT2D eigenvalue weighted by molar-refractivity contribution is 7.80. The Morgan fingerprint density at radius 1 is 1.27 bits per heavy atom. The standard InChI is InChI=1S/C18H21ClN4O2S/c19-14-6-2-3-7-15(14)23-17(25)13(16(24)21-18(23)26)12-20-8-11-22-9-4-1-5-10-22/h2-3,6-7,12-13H,1,4-5,8-11H2,(H,21,24,26)/p+1/t13-/m0/s1. The maximum Gasteiger partial charge on any atom is 0.251 e. The highest BCUT2D eigenvalue weighted by atomic mass is 35.5. The molecular weight excluding hydrogens is 372 g/mol. The zero-order valence-corrected chi connectivity index (χ0v) is 16.0. The SMILES string of the molecule is O=C1NC(=S)N(c2ccccc2Cl)C(=O)[C@H]1C=NCC[NH+]1CCCCC1. The summed E-state index contributed by atoms with van der Waals surface area (Å²) >= 11 is 11.3. The Bertz CT molecular complexity index is 734. The molecule has 0 radical (unpaired) electrons. The van der Waals surface area contributed by atoms with Gasteiger partial charge >= 0.3 is 0 Å². The van der Waals surface area contributed by atoms with Gasteiger partial charge in [0.25, 0.3) is 5.91 Å². The van der Waals surface area contributed by atoms with E-state index in [0.29, 0.717) is 17.3 Å². The van der Waals surface area contributed by atoms with Crippen LogP contribution in [0.2, 0.25) is 5.02 Å². The van der Waals surface area contributed by atoms with Crippen molar-refractivity contribution in [1.82, 2.24) is 5.32 Å². The molecule has 2 saturated heterocycles. The summed E-state index contributed by atoms with van der Waals surface area (Å²) in [4.78, 5) is 32.2. The van der Waals surface area contributed by atoms with Gasteiger partial charge < -0.3 is 10.2 Å². The first-order valence-corrected chi connectivity index (χ1v) is 9.63. The Kier molecular flexibility index (Phi) is 6.34. The average Bonchev–Trinajstić information content (AvgIpc) is 2.63. The van der Waals surface area contributed by atoms with E-state index in [9.17, 15) is 9.59 Å². The summed E-state index contributed by atoms with van der Waals surface area (Å²) in [5.74, 6) is -1.87. The molecule has 0 aromatic heterocycles. The molecule has 6 nitrogen and oxygen atoms in total. The molecule has 0 saturated carbocycles. The van der Waals surface area contributed by atoms with Crippen molar-refractivity contribution >= 4 is 52.6 Å². The van der Waals surface area contributed by atoms with Crippen LogP contribution >= 0.6 is 23.8 Å². The van der Waals surface area contributed by atoms with Gasteiger partial charge in [0.1, 0.15) is 0 Å². The number of benzene rings is 1. The third kappa shape index (κ3) is 4.28. The molecule has 1 aromatic rings. The number of rotatable bonds is 5. The van der Waals surface area contributed by atoms with Gasteiger partial charge in [-0.05, 0) is 43.6 Å². The predicted octanol–water partition coefficient (Wildman–Crippen LogP) is 0.843. The molecule has 2 aliphatic heterocycles. The summed E-state index contributed by atoms with van der Waals surface area (Å²) in [6.07, 6.45) is 5.26. The van der Waals surface area contributed by atoms with Crippen LogP contribution < -0.4 is 15.1 Å². The van der Waals surface area contributed by atoms with Crippen LogP contribution in [0.1, 0.15) is 19.3 Å². The average molecular weight is 394 g/mol. The number of piperidine rings is 1. The quantitative estimate of drug-likeness (QED) is 0.442. The van der Waals surface area contributed by atoms with Gasteiger partial charge in [0.2, 0.25) is 5.91 Å². The Hall–Kier alpha value is -1.83. The first-order valence-electron chi connectivity index (χ1n) is 8.85. The van der Waals surface area contributed by atoms with Crippen molar-refractivity contribution < 1.29 is 14.5 Å². The van der Waals surface area contributed by atoms with E-state index < -0.39 is 17.7 Å². The van der Waals surface area contributed by atoms with Gasteiger partial charge in [-0.25, -0.2) is 0 Å². The minimum atomic E-state index is -0.991. The van der Waals surface area contributed by atoms with Crippen LogP contribution in [0.25, 0.3) is 0 Å². The predicted molar refractivity (Wildman–Crippen MR) is 106 cm³/mol. The van der Waals surface area contributed by atoms with Gasteiger partial charge in [-0.3, -0.25) is 19.5 Å². The van der Waals surface area contributed by atoms with E-state index in [1.165, 1.54) is 48.4 Å². The fourth-order valence-electron chi connectivity index (χ4n) is 3.29. The molecule has 1 atom stereocenters. The topological polar surface area (TPSA) is 66.2 Å². The van der Waals surface area contributed by atoms with Gasteiger partial charge in [0.05, 0.1) is 36.9 Å². The molecule has 26 heavy (non-hydrogen) atoms. The Labute approximate surface area is 163 Å². The molecule has 2 heterocycles. The van der Waals surface area contributed by atoms with Crippen LogP contribution in [0, 0.1) is 5.92 Å². The number of amides is 2. The molecular formula is C18H22ClN4O2S+. The molecule has 0 unspecified atom stereocenters. The van der Waals surface area contributed by atoms with Gasteiger partial charge in [-0.1, -0.05) is 23.7 Å². The first kappa shape index (κ1) is 18.9. The second-order valence-corrected chi connectivity index (χ2v) is 7.31. The molecule has 3 rings (SSSR count). The fourth-order valence-corrected chi connectivity index (χ4v) is 3.80. The third-order valence-electron chi connectivity index (χ3n) is 4.71. The molecule has 138 valence electrons. The highest BCUT2D eigenvalue weighted by Gasteiger charge is 2.39. The number of anilines is 1. The maximum atomic E-state index is 12.8. The number of carbonyl (C=O) groups excluding carboxylic acids is 2. The number of halogens is 1. The normalized spacial score (nSPS) is 22.1. The number of aliphatic imine (C=N–C) groups is 1. The van der Waals surface area contributed by atoms with Crippen molar-refractivity contribution in [2.24, 2.45) is 10.9 Å². The number of thiocarbonyl (C=S) groups is 1. The van der Waals surface area contributed by atoms with E-state index >= 15 is 0 Å². The van der Waals surface area contributed by atoms with E-state index in [1.54, 1.807) is 24.3 Å². The van der Waals surface area contributed by atoms with Gasteiger partial charge in [-0.15, -0.1) is 0 Å². The molecule has 2 fully saturated rings. The number of nitrogens with zero attached hydrogens (tertiary/aromatic N) is 2. The zero-order valence-electron chi connectivity index (χ0n) is 14.4. The lowest BCUT2D eigenvalue weighted by Gasteiger charge is -2.31. The van der Waals surface area contributed by atoms with Crippen LogP contribution in [0.5, 0.6) is 0 Å². The van der Waals surface area contributed by atoms with Crippen LogP contribution in [-0.4, -0.2) is 49.3 Å². The number of likely N-dealkylation sites (tertiary alicyclic amines) is 1. The van der Waals surface area contributed by atoms with Crippen LogP contribution in [0.4, 0.5) is 5.69 Å². The molecule has 8 heteroatoms. The zero-order chi connectivity index (χ0) is 18.5. The lowest BCUT2D eigenvalue weighted by Crippen LogP contribution is -3.13. The van der Waals surface area contributed by atoms with E-state index in [2.05, 4.69) is 10.3 Å². The Balaban J connectivity index is 1.67. The van der Waals surface area contributed by atoms with Crippen molar-refractivity contribution in [3.63, 3.8) is 0 Å². The van der Waals surface area contributed by atoms with E-state index in [4.69, 9.17) is 23.8 Å². The number of nitrogens with one attached hydrogen (secondary N) is 2. The van der Waals surface area contributed by atoms with Crippen molar-refractivity contribution in [1.29, 1.82) is 0 Å². The summed E-state index contributed by atoms with van der Waals surface area (Å²) < 4.78 is 0. The molecule has 1 aromatic carbocycles. The van der Waals surface area contributed by atoms with Crippen molar-refractivity contribution in [3.05, 3.63) is 29.3 Å². The summed E-state index contributed by atoms with van der Waals surface area (Å²) in [6, 6.07) is 6.90.